The van der Waals surface area contributed by atoms with E-state index in [-0.39, 0.29) is 36.9 Å². The number of hydrogen-bond acceptors (Lipinski definition) is 3. The molecule has 0 spiro atoms. The zero-order valence-electron chi connectivity index (χ0n) is 22.6. The SMILES string of the molecule is CC(C)NC(=O)[C@@H](Cc1ccccc1)N(Cc1ccccc1F)C(=O)COc1ccc(C(C)(C)C)cc1Br. The summed E-state index contributed by atoms with van der Waals surface area (Å²) in [4.78, 5) is 28.5. The molecule has 0 aromatic heterocycles. The highest BCUT2D eigenvalue weighted by Gasteiger charge is 2.31. The summed E-state index contributed by atoms with van der Waals surface area (Å²) in [6.45, 7) is 9.71. The van der Waals surface area contributed by atoms with Crippen molar-refractivity contribution in [3.63, 3.8) is 0 Å². The second kappa shape index (κ2) is 13.1. The first-order chi connectivity index (χ1) is 18.0. The Morgan fingerprint density at radius 1 is 1.00 bits per heavy atom. The lowest BCUT2D eigenvalue weighted by atomic mass is 9.87. The molecule has 3 aromatic rings. The van der Waals surface area contributed by atoms with E-state index in [0.717, 1.165) is 15.6 Å². The van der Waals surface area contributed by atoms with E-state index in [0.29, 0.717) is 11.3 Å². The lowest BCUT2D eigenvalue weighted by Crippen LogP contribution is -2.53. The molecule has 0 bridgehead atoms. The van der Waals surface area contributed by atoms with Crippen LogP contribution in [0.4, 0.5) is 4.39 Å². The van der Waals surface area contributed by atoms with Crippen molar-refractivity contribution in [3.8, 4) is 5.75 Å². The van der Waals surface area contributed by atoms with E-state index in [1.807, 2.05) is 62.4 Å². The minimum atomic E-state index is -0.859. The standard InChI is InChI=1S/C31H36BrFN2O3/c1-21(2)34-30(37)27(17-22-11-7-6-8-12-22)35(19-23-13-9-10-14-26(23)33)29(36)20-38-28-16-15-24(18-25(28)32)31(3,4)5/h6-16,18,21,27H,17,19-20H2,1-5H3,(H,34,37)/t27-/m1/s1. The van der Waals surface area contributed by atoms with Crippen LogP contribution in [0.1, 0.15) is 51.3 Å². The quantitative estimate of drug-likeness (QED) is 0.299. The monoisotopic (exact) mass is 582 g/mol. The van der Waals surface area contributed by atoms with Crippen molar-refractivity contribution in [1.82, 2.24) is 10.2 Å². The van der Waals surface area contributed by atoms with E-state index in [2.05, 4.69) is 42.0 Å². The first-order valence-corrected chi connectivity index (χ1v) is 13.5. The van der Waals surface area contributed by atoms with Gasteiger partial charge in [-0.25, -0.2) is 4.39 Å². The summed E-state index contributed by atoms with van der Waals surface area (Å²) in [5.41, 5.74) is 2.30. The molecular weight excluding hydrogens is 547 g/mol. The molecule has 0 fully saturated rings. The maximum absolute atomic E-state index is 14.7. The van der Waals surface area contributed by atoms with Crippen molar-refractivity contribution in [2.45, 2.75) is 65.1 Å². The largest absolute Gasteiger partial charge is 0.483 e. The van der Waals surface area contributed by atoms with Gasteiger partial charge in [0.2, 0.25) is 5.91 Å². The number of halogens is 2. The molecular formula is C31H36BrFN2O3. The van der Waals surface area contributed by atoms with Gasteiger partial charge in [0.1, 0.15) is 17.6 Å². The van der Waals surface area contributed by atoms with Gasteiger partial charge in [-0.1, -0.05) is 75.4 Å². The number of hydrogen-bond donors (Lipinski definition) is 1. The number of amides is 2. The zero-order valence-corrected chi connectivity index (χ0v) is 24.2. The molecule has 0 saturated heterocycles. The van der Waals surface area contributed by atoms with Gasteiger partial charge in [0.15, 0.2) is 6.61 Å². The first-order valence-electron chi connectivity index (χ1n) is 12.8. The van der Waals surface area contributed by atoms with Crippen LogP contribution in [0.3, 0.4) is 0 Å². The molecule has 0 heterocycles. The van der Waals surface area contributed by atoms with Gasteiger partial charge in [-0.3, -0.25) is 9.59 Å². The van der Waals surface area contributed by atoms with Crippen molar-refractivity contribution < 1.29 is 18.7 Å². The Balaban J connectivity index is 1.92. The van der Waals surface area contributed by atoms with Gasteiger partial charge in [-0.05, 0) is 64.5 Å². The van der Waals surface area contributed by atoms with Crippen LogP contribution in [0.5, 0.6) is 5.75 Å². The van der Waals surface area contributed by atoms with E-state index < -0.39 is 17.8 Å². The fourth-order valence-corrected chi connectivity index (χ4v) is 4.54. The molecule has 0 saturated carbocycles. The van der Waals surface area contributed by atoms with Crippen LogP contribution in [0.25, 0.3) is 0 Å². The second-order valence-electron chi connectivity index (χ2n) is 10.7. The van der Waals surface area contributed by atoms with E-state index in [4.69, 9.17) is 4.74 Å². The third-order valence-corrected chi connectivity index (χ3v) is 6.77. The molecule has 5 nitrogen and oxygen atoms in total. The Hall–Kier alpha value is -3.19. The summed E-state index contributed by atoms with van der Waals surface area (Å²) in [5.74, 6) is -0.637. The number of nitrogens with one attached hydrogen (secondary N) is 1. The van der Waals surface area contributed by atoms with Gasteiger partial charge in [-0.2, -0.15) is 0 Å². The van der Waals surface area contributed by atoms with E-state index in [1.54, 1.807) is 18.2 Å². The highest BCUT2D eigenvalue weighted by atomic mass is 79.9. The highest BCUT2D eigenvalue weighted by Crippen LogP contribution is 2.31. The topological polar surface area (TPSA) is 58.6 Å². The smallest absolute Gasteiger partial charge is 0.261 e. The van der Waals surface area contributed by atoms with Crippen molar-refractivity contribution in [1.29, 1.82) is 0 Å². The lowest BCUT2D eigenvalue weighted by Gasteiger charge is -2.32. The van der Waals surface area contributed by atoms with Gasteiger partial charge in [0, 0.05) is 24.6 Å². The predicted molar refractivity (Wildman–Crippen MR) is 152 cm³/mol. The molecule has 0 aliphatic carbocycles. The molecule has 0 radical (unpaired) electrons. The van der Waals surface area contributed by atoms with Gasteiger partial charge < -0.3 is 15.0 Å². The second-order valence-corrected chi connectivity index (χ2v) is 11.5. The van der Waals surface area contributed by atoms with Crippen LogP contribution in [-0.2, 0) is 28.0 Å². The number of ether oxygens (including phenoxy) is 1. The third kappa shape index (κ3) is 8.15. The van der Waals surface area contributed by atoms with Crippen molar-refractivity contribution in [2.24, 2.45) is 0 Å². The average Bonchev–Trinajstić information content (AvgIpc) is 2.85. The number of rotatable bonds is 10. The van der Waals surface area contributed by atoms with Crippen molar-refractivity contribution in [3.05, 3.63) is 99.8 Å². The molecule has 1 atom stereocenters. The average molecular weight is 584 g/mol. The van der Waals surface area contributed by atoms with Gasteiger partial charge >= 0.3 is 0 Å². The van der Waals surface area contributed by atoms with Gasteiger partial charge in [0.25, 0.3) is 5.91 Å². The highest BCUT2D eigenvalue weighted by molar-refractivity contribution is 9.10. The van der Waals surface area contributed by atoms with Crippen molar-refractivity contribution in [2.75, 3.05) is 6.61 Å². The van der Waals surface area contributed by atoms with Crippen LogP contribution >= 0.6 is 15.9 Å². The first kappa shape index (κ1) is 29.4. The summed E-state index contributed by atoms with van der Waals surface area (Å²) in [6, 6.07) is 20.6. The Bertz CT molecular complexity index is 1240. The summed E-state index contributed by atoms with van der Waals surface area (Å²) < 4.78 is 21.3. The van der Waals surface area contributed by atoms with Crippen LogP contribution < -0.4 is 10.1 Å². The molecule has 0 aliphatic heterocycles. The number of benzene rings is 3. The molecule has 3 aromatic carbocycles. The normalized spacial score (nSPS) is 12.2. The maximum Gasteiger partial charge on any atom is 0.261 e. The van der Waals surface area contributed by atoms with Gasteiger partial charge in [-0.15, -0.1) is 0 Å². The number of carbonyl (C=O) groups is 2. The van der Waals surface area contributed by atoms with E-state index >= 15 is 0 Å². The van der Waals surface area contributed by atoms with Crippen molar-refractivity contribution >= 4 is 27.7 Å². The number of nitrogens with zero attached hydrogens (tertiary/aromatic N) is 1. The lowest BCUT2D eigenvalue weighted by molar-refractivity contribution is -0.143. The predicted octanol–water partition coefficient (Wildman–Crippen LogP) is 6.43. The maximum atomic E-state index is 14.7. The molecule has 3 rings (SSSR count). The Kier molecular flexibility index (Phi) is 10.1. The van der Waals surface area contributed by atoms with E-state index in [1.165, 1.54) is 11.0 Å². The minimum Gasteiger partial charge on any atom is -0.483 e. The van der Waals surface area contributed by atoms with Crippen LogP contribution in [-0.4, -0.2) is 35.4 Å². The summed E-state index contributed by atoms with van der Waals surface area (Å²) >= 11 is 3.55. The van der Waals surface area contributed by atoms with Gasteiger partial charge in [0.05, 0.1) is 4.47 Å². The summed E-state index contributed by atoms with van der Waals surface area (Å²) in [6.07, 6.45) is 0.281. The van der Waals surface area contributed by atoms with E-state index in [9.17, 15) is 14.0 Å². The summed E-state index contributed by atoms with van der Waals surface area (Å²) in [7, 11) is 0. The number of carbonyl (C=O) groups excluding carboxylic acids is 2. The molecule has 0 aliphatic rings. The molecule has 7 heteroatoms. The minimum absolute atomic E-state index is 0.0398. The molecule has 2 amide bonds. The molecule has 0 unspecified atom stereocenters. The third-order valence-electron chi connectivity index (χ3n) is 6.15. The van der Waals surface area contributed by atoms with Crippen LogP contribution in [0, 0.1) is 5.82 Å². The molecule has 1 N–H and O–H groups in total. The summed E-state index contributed by atoms with van der Waals surface area (Å²) in [5, 5.41) is 2.93. The Morgan fingerprint density at radius 2 is 1.66 bits per heavy atom. The fraction of sp³-hybridized carbons (Fsp3) is 0.355. The fourth-order valence-electron chi connectivity index (χ4n) is 4.05. The Morgan fingerprint density at radius 3 is 2.26 bits per heavy atom. The van der Waals surface area contributed by atoms with Crippen LogP contribution in [0.2, 0.25) is 0 Å². The Labute approximate surface area is 233 Å². The molecule has 202 valence electrons. The van der Waals surface area contributed by atoms with Crippen LogP contribution in [0.15, 0.2) is 77.3 Å². The zero-order chi connectivity index (χ0) is 27.9. The molecule has 38 heavy (non-hydrogen) atoms.